The summed E-state index contributed by atoms with van der Waals surface area (Å²) in [6, 6.07) is 0. The van der Waals surface area contributed by atoms with Gasteiger partial charge in [0.2, 0.25) is 0 Å². The third-order valence-electron chi connectivity index (χ3n) is 0. The van der Waals surface area contributed by atoms with E-state index >= 15 is 0 Å². The largest absolute Gasteiger partial charge is 1.00 e. The molecule has 0 saturated carbocycles. The van der Waals surface area contributed by atoms with Gasteiger partial charge >= 0.3 is 29.6 Å². The van der Waals surface area contributed by atoms with E-state index in [-0.39, 0.29) is 44.5 Å². The molecule has 0 fully saturated rings. The van der Waals surface area contributed by atoms with Crippen molar-refractivity contribution in [1.82, 2.24) is 0 Å². The van der Waals surface area contributed by atoms with E-state index in [1.165, 1.54) is 5.34 Å². The first kappa shape index (κ1) is 17.2. The van der Waals surface area contributed by atoms with Crippen molar-refractivity contribution in [2.24, 2.45) is 5.34 Å². The van der Waals surface area contributed by atoms with Crippen LogP contribution in [-0.4, -0.2) is 5.21 Å². The Labute approximate surface area is 59.9 Å². The van der Waals surface area contributed by atoms with E-state index in [1.54, 1.807) is 0 Å². The van der Waals surface area contributed by atoms with E-state index < -0.39 is 0 Å². The molecule has 5 heavy (non-hydrogen) atoms. The van der Waals surface area contributed by atoms with Gasteiger partial charge in [-0.1, -0.05) is 0 Å². The van der Waals surface area contributed by atoms with E-state index in [1.807, 2.05) is 0 Å². The zero-order chi connectivity index (χ0) is 2.71. The Bertz CT molecular complexity index is 21.0. The smallest absolute Gasteiger partial charge is 1.00 e. The van der Waals surface area contributed by atoms with Gasteiger partial charge in [-0.3, -0.25) is 0 Å². The predicted molar refractivity (Wildman–Crippen MR) is 19.1 cm³/mol. The van der Waals surface area contributed by atoms with Crippen molar-refractivity contribution in [2.75, 3.05) is 0 Å². The number of hydrogen-bond donors (Lipinski definition) is 1. The Morgan fingerprint density at radius 3 is 1.80 bits per heavy atom. The van der Waals surface area contributed by atoms with E-state index in [0.29, 0.717) is 0 Å². The molecule has 0 rings (SSSR count). The van der Waals surface area contributed by atoms with Gasteiger partial charge in [0.15, 0.2) is 5.34 Å². The summed E-state index contributed by atoms with van der Waals surface area (Å²) < 4.78 is 0. The zero-order valence-corrected chi connectivity index (χ0v) is 5.80. The van der Waals surface area contributed by atoms with Crippen molar-refractivity contribution < 1.29 is 36.2 Å². The second-order valence-electron chi connectivity index (χ2n) is 0.0816. The van der Waals surface area contributed by atoms with Gasteiger partial charge in [0, 0.05) is 0 Å². The summed E-state index contributed by atoms with van der Waals surface area (Å²) in [5, 5.41) is 7.89. The van der Waals surface area contributed by atoms with Crippen molar-refractivity contribution in [3.63, 3.8) is 0 Å². The molecular formula is H4NNaO2S. The minimum absolute atomic E-state index is 0. The molecule has 0 heterocycles. The molecule has 0 radical (unpaired) electrons. The van der Waals surface area contributed by atoms with Gasteiger partial charge in [-0.05, 0) is 0 Å². The third-order valence-corrected chi connectivity index (χ3v) is 0. The fourth-order valence-electron chi connectivity index (χ4n) is 0. The minimum atomic E-state index is 0. The summed E-state index contributed by atoms with van der Waals surface area (Å²) >= 11 is 0. The van der Waals surface area contributed by atoms with Crippen LogP contribution in [0.1, 0.15) is 1.43 Å². The van der Waals surface area contributed by atoms with Crippen molar-refractivity contribution in [3.8, 4) is 0 Å². The maximum Gasteiger partial charge on any atom is 1.00 e. The summed E-state index contributed by atoms with van der Waals surface area (Å²) in [4.78, 5) is 8.11. The molecule has 0 aromatic carbocycles. The molecule has 0 spiro atoms. The third kappa shape index (κ3) is 63.9. The number of rotatable bonds is 0. The second-order valence-corrected chi connectivity index (χ2v) is 0.0816. The second kappa shape index (κ2) is 21.8. The molecule has 5 heteroatoms. The normalized spacial score (nSPS) is 2.40. The molecule has 1 N–H and O–H groups in total. The molecule has 0 amide bonds. The van der Waals surface area contributed by atoms with Crippen LogP contribution in [0.15, 0.2) is 5.34 Å². The molecule has 0 unspecified atom stereocenters. The van der Waals surface area contributed by atoms with E-state index in [2.05, 4.69) is 0 Å². The first-order valence-electron chi connectivity index (χ1n) is 0.383. The van der Waals surface area contributed by atoms with Crippen LogP contribution in [0.3, 0.4) is 0 Å². The van der Waals surface area contributed by atoms with Crippen LogP contribution in [0.4, 0.5) is 0 Å². The van der Waals surface area contributed by atoms with Crippen molar-refractivity contribution in [2.45, 2.75) is 0 Å². The first-order valence-corrected chi connectivity index (χ1v) is 0.383. The van der Waals surface area contributed by atoms with E-state index in [0.717, 1.165) is 0 Å². The van der Waals surface area contributed by atoms with Crippen molar-refractivity contribution in [3.05, 3.63) is 4.91 Å². The molecular weight excluding hydrogens is 101 g/mol. The minimum Gasteiger partial charge on any atom is -1.00 e. The maximum atomic E-state index is 8.11. The quantitative estimate of drug-likeness (QED) is 0.208. The fraction of sp³-hybridized carbons (Fsp3) is 0. The number of hydrogen-bond acceptors (Lipinski definition) is 2. The molecule has 3 nitrogen and oxygen atoms in total. The van der Waals surface area contributed by atoms with Gasteiger partial charge in [0.1, 0.15) is 0 Å². The van der Waals surface area contributed by atoms with Crippen LogP contribution in [0.2, 0.25) is 0 Å². The Morgan fingerprint density at radius 1 is 1.80 bits per heavy atom. The molecule has 0 aromatic rings. The van der Waals surface area contributed by atoms with Crippen LogP contribution in [0.5, 0.6) is 0 Å². The van der Waals surface area contributed by atoms with Crippen LogP contribution in [-0.2, 0) is 0 Å². The monoisotopic (exact) mass is 105 g/mol. The topological polar surface area (TPSA) is 49.7 Å². The summed E-state index contributed by atoms with van der Waals surface area (Å²) in [6.07, 6.45) is 0. The Hall–Kier alpha value is 0.750. The standard InChI is InChI=1S/HNO2.Na.H2S.H/c2-1-3;;;/h(H,2,3);;1H2;/q;+1;;-1. The zero-order valence-electron chi connectivity index (χ0n) is 3.80. The molecule has 0 saturated heterocycles. The van der Waals surface area contributed by atoms with Crippen molar-refractivity contribution >= 4 is 13.5 Å². The predicted octanol–water partition coefficient (Wildman–Crippen LogP) is -2.63. The van der Waals surface area contributed by atoms with Gasteiger partial charge in [-0.2, -0.15) is 13.5 Å². The molecule has 0 aliphatic rings. The van der Waals surface area contributed by atoms with Gasteiger partial charge in [0.25, 0.3) is 0 Å². The van der Waals surface area contributed by atoms with Crippen LogP contribution in [0.25, 0.3) is 0 Å². The molecule has 0 bridgehead atoms. The summed E-state index contributed by atoms with van der Waals surface area (Å²) in [5.41, 5.74) is 0. The Balaban J connectivity index is -0.00000000667. The average Bonchev–Trinajstić information content (AvgIpc) is 0.918. The molecule has 0 atom stereocenters. The molecule has 0 aliphatic heterocycles. The van der Waals surface area contributed by atoms with Gasteiger partial charge in [0.05, 0.1) is 0 Å². The van der Waals surface area contributed by atoms with Gasteiger partial charge < -0.3 is 6.63 Å². The van der Waals surface area contributed by atoms with Gasteiger partial charge in [-0.25, -0.2) is 0 Å². The first-order chi connectivity index (χ1) is 1.41. The summed E-state index contributed by atoms with van der Waals surface area (Å²) in [6.45, 7) is 0. The SMILES string of the molecule is O=NO.S.[H-].[Na+]. The molecule has 0 aromatic heterocycles. The fourth-order valence-corrected chi connectivity index (χ4v) is 0. The average molecular weight is 105 g/mol. The summed E-state index contributed by atoms with van der Waals surface area (Å²) in [7, 11) is 0. The van der Waals surface area contributed by atoms with Crippen LogP contribution in [0, 0.1) is 4.91 Å². The van der Waals surface area contributed by atoms with E-state index in [9.17, 15) is 0 Å². The maximum absolute atomic E-state index is 8.11. The van der Waals surface area contributed by atoms with Crippen LogP contribution < -0.4 is 29.6 Å². The molecule has 0 aliphatic carbocycles. The molecule has 28 valence electrons. The van der Waals surface area contributed by atoms with Crippen LogP contribution >= 0.6 is 13.5 Å². The number of nitrogens with zero attached hydrogens (tertiary/aromatic N) is 1. The Morgan fingerprint density at radius 2 is 1.80 bits per heavy atom. The summed E-state index contributed by atoms with van der Waals surface area (Å²) in [5.74, 6) is 0. The van der Waals surface area contributed by atoms with E-state index in [4.69, 9.17) is 10.1 Å². The van der Waals surface area contributed by atoms with Gasteiger partial charge in [-0.15, -0.1) is 4.91 Å². The van der Waals surface area contributed by atoms with Crippen molar-refractivity contribution in [1.29, 1.82) is 0 Å². The Kier molecular flexibility index (Phi) is 74.8.